The molecule has 0 aliphatic rings. The molecule has 1 unspecified atom stereocenters. The maximum Gasteiger partial charge on any atom is 0.417 e. The van der Waals surface area contributed by atoms with Gasteiger partial charge in [-0.1, -0.05) is 17.7 Å². The maximum absolute atomic E-state index is 12.7. The first-order valence-corrected chi connectivity index (χ1v) is 7.26. The zero-order valence-electron chi connectivity index (χ0n) is 13.3. The second kappa shape index (κ2) is 7.29. The van der Waals surface area contributed by atoms with Gasteiger partial charge in [0.15, 0.2) is 0 Å². The van der Waals surface area contributed by atoms with Gasteiger partial charge in [-0.3, -0.25) is 0 Å². The molecule has 1 rings (SSSR count). The summed E-state index contributed by atoms with van der Waals surface area (Å²) in [6.07, 6.45) is -5.19. The van der Waals surface area contributed by atoms with Crippen molar-refractivity contribution in [1.82, 2.24) is 5.32 Å². The molecule has 0 bridgehead atoms. The van der Waals surface area contributed by atoms with Crippen molar-refractivity contribution in [3.8, 4) is 5.75 Å². The summed E-state index contributed by atoms with van der Waals surface area (Å²) in [6, 6.07) is 2.93. The van der Waals surface area contributed by atoms with Crippen LogP contribution in [0.5, 0.6) is 5.75 Å². The van der Waals surface area contributed by atoms with Crippen molar-refractivity contribution in [1.29, 1.82) is 0 Å². The molecule has 0 aromatic heterocycles. The molecular formula is C15H19ClF3NO3. The number of halogens is 4. The van der Waals surface area contributed by atoms with Crippen molar-refractivity contribution in [2.45, 2.75) is 45.5 Å². The van der Waals surface area contributed by atoms with Gasteiger partial charge in [0.1, 0.15) is 18.0 Å². The number of hydrogen-bond acceptors (Lipinski definition) is 3. The molecule has 0 saturated carbocycles. The Morgan fingerprint density at radius 1 is 1.30 bits per heavy atom. The van der Waals surface area contributed by atoms with Crippen molar-refractivity contribution in [3.63, 3.8) is 0 Å². The van der Waals surface area contributed by atoms with Crippen molar-refractivity contribution in [3.05, 3.63) is 28.8 Å². The van der Waals surface area contributed by atoms with Gasteiger partial charge >= 0.3 is 12.3 Å². The number of rotatable bonds is 4. The van der Waals surface area contributed by atoms with Crippen LogP contribution in [-0.4, -0.2) is 24.3 Å². The van der Waals surface area contributed by atoms with Crippen LogP contribution >= 0.6 is 11.6 Å². The Morgan fingerprint density at radius 3 is 2.43 bits per heavy atom. The topological polar surface area (TPSA) is 47.6 Å². The van der Waals surface area contributed by atoms with Gasteiger partial charge < -0.3 is 14.8 Å². The third kappa shape index (κ3) is 6.56. The minimum atomic E-state index is -4.56. The highest BCUT2D eigenvalue weighted by Gasteiger charge is 2.34. The number of ether oxygens (including phenoxy) is 2. The fraction of sp³-hybridized carbons (Fsp3) is 0.533. The van der Waals surface area contributed by atoms with Gasteiger partial charge in [0.05, 0.1) is 16.6 Å². The van der Waals surface area contributed by atoms with Gasteiger partial charge in [0.25, 0.3) is 0 Å². The van der Waals surface area contributed by atoms with Gasteiger partial charge in [-0.25, -0.2) is 4.79 Å². The van der Waals surface area contributed by atoms with E-state index in [0.29, 0.717) is 0 Å². The first-order chi connectivity index (χ1) is 10.4. The SMILES string of the molecule is CC(COc1cccc(C(F)(F)F)c1Cl)NC(=O)OC(C)(C)C. The summed E-state index contributed by atoms with van der Waals surface area (Å²) in [4.78, 5) is 11.6. The number of carbonyl (C=O) groups is 1. The second-order valence-electron chi connectivity index (χ2n) is 5.97. The fourth-order valence-corrected chi connectivity index (χ4v) is 1.89. The summed E-state index contributed by atoms with van der Waals surface area (Å²) in [5.74, 6) is -0.0978. The first kappa shape index (κ1) is 19.4. The second-order valence-corrected chi connectivity index (χ2v) is 6.35. The van der Waals surface area contributed by atoms with E-state index in [-0.39, 0.29) is 12.4 Å². The molecule has 130 valence electrons. The fourth-order valence-electron chi connectivity index (χ4n) is 1.61. The quantitative estimate of drug-likeness (QED) is 0.857. The van der Waals surface area contributed by atoms with E-state index < -0.39 is 34.5 Å². The molecular weight excluding hydrogens is 335 g/mol. The number of alkyl halides is 3. The van der Waals surface area contributed by atoms with Crippen molar-refractivity contribution < 1.29 is 27.4 Å². The monoisotopic (exact) mass is 353 g/mol. The van der Waals surface area contributed by atoms with Crippen LogP contribution in [0.4, 0.5) is 18.0 Å². The summed E-state index contributed by atoms with van der Waals surface area (Å²) in [5, 5.41) is 2.01. The number of alkyl carbamates (subject to hydrolysis) is 1. The van der Waals surface area contributed by atoms with Crippen molar-refractivity contribution >= 4 is 17.7 Å². The zero-order chi connectivity index (χ0) is 17.8. The van der Waals surface area contributed by atoms with E-state index in [2.05, 4.69) is 5.32 Å². The van der Waals surface area contributed by atoms with E-state index in [9.17, 15) is 18.0 Å². The number of hydrogen-bond donors (Lipinski definition) is 1. The minimum Gasteiger partial charge on any atom is -0.490 e. The van der Waals surface area contributed by atoms with Gasteiger partial charge in [0.2, 0.25) is 0 Å². The first-order valence-electron chi connectivity index (χ1n) is 6.88. The van der Waals surface area contributed by atoms with Crippen LogP contribution in [-0.2, 0) is 10.9 Å². The minimum absolute atomic E-state index is 0.0553. The molecule has 0 fully saturated rings. The Bertz CT molecular complexity index is 556. The number of nitrogens with one attached hydrogen (secondary N) is 1. The highest BCUT2D eigenvalue weighted by molar-refractivity contribution is 6.32. The lowest BCUT2D eigenvalue weighted by Gasteiger charge is -2.22. The molecule has 23 heavy (non-hydrogen) atoms. The molecule has 1 atom stereocenters. The molecule has 0 aliphatic heterocycles. The molecule has 1 aromatic carbocycles. The van der Waals surface area contributed by atoms with Crippen LogP contribution in [0.15, 0.2) is 18.2 Å². The zero-order valence-corrected chi connectivity index (χ0v) is 14.0. The maximum atomic E-state index is 12.7. The molecule has 1 amide bonds. The molecule has 0 heterocycles. The average Bonchev–Trinajstić information content (AvgIpc) is 2.33. The molecule has 4 nitrogen and oxygen atoms in total. The summed E-state index contributed by atoms with van der Waals surface area (Å²) in [7, 11) is 0. The summed E-state index contributed by atoms with van der Waals surface area (Å²) >= 11 is 5.71. The molecule has 8 heteroatoms. The standard InChI is InChI=1S/C15H19ClF3NO3/c1-9(20-13(21)23-14(2,3)4)8-22-11-7-5-6-10(12(11)16)15(17,18)19/h5-7,9H,8H2,1-4H3,(H,20,21). The Morgan fingerprint density at radius 2 is 1.91 bits per heavy atom. The van der Waals surface area contributed by atoms with E-state index >= 15 is 0 Å². The van der Waals surface area contributed by atoms with E-state index in [0.717, 1.165) is 6.07 Å². The van der Waals surface area contributed by atoms with Gasteiger partial charge in [-0.15, -0.1) is 0 Å². The number of benzene rings is 1. The van der Waals surface area contributed by atoms with Crippen LogP contribution in [0.25, 0.3) is 0 Å². The van der Waals surface area contributed by atoms with Gasteiger partial charge in [0, 0.05) is 0 Å². The van der Waals surface area contributed by atoms with Crippen LogP contribution in [0.1, 0.15) is 33.3 Å². The molecule has 0 saturated heterocycles. The summed E-state index contributed by atoms with van der Waals surface area (Å²) in [5.41, 5.74) is -1.61. The number of amides is 1. The Hall–Kier alpha value is -1.63. The van der Waals surface area contributed by atoms with Crippen LogP contribution < -0.4 is 10.1 Å². The predicted octanol–water partition coefficient (Wildman–Crippen LogP) is 4.65. The van der Waals surface area contributed by atoms with Gasteiger partial charge in [-0.2, -0.15) is 13.2 Å². The lowest BCUT2D eigenvalue weighted by molar-refractivity contribution is -0.137. The molecule has 1 aromatic rings. The van der Waals surface area contributed by atoms with Gasteiger partial charge in [-0.05, 0) is 39.8 Å². The third-order valence-electron chi connectivity index (χ3n) is 2.52. The van der Waals surface area contributed by atoms with Crippen molar-refractivity contribution in [2.75, 3.05) is 6.61 Å². The Kier molecular flexibility index (Phi) is 6.16. The van der Waals surface area contributed by atoms with E-state index in [4.69, 9.17) is 21.1 Å². The normalized spacial score (nSPS) is 13.4. The molecule has 0 spiro atoms. The molecule has 1 N–H and O–H groups in total. The van der Waals surface area contributed by atoms with Crippen LogP contribution in [0.2, 0.25) is 5.02 Å². The smallest absolute Gasteiger partial charge is 0.417 e. The number of carbonyl (C=O) groups excluding carboxylic acids is 1. The Labute approximate surface area is 137 Å². The van der Waals surface area contributed by atoms with Crippen LogP contribution in [0, 0.1) is 0 Å². The highest BCUT2D eigenvalue weighted by Crippen LogP contribution is 2.39. The van der Waals surface area contributed by atoms with E-state index in [1.165, 1.54) is 12.1 Å². The lowest BCUT2D eigenvalue weighted by atomic mass is 10.2. The lowest BCUT2D eigenvalue weighted by Crippen LogP contribution is -2.40. The average molecular weight is 354 g/mol. The molecule has 0 radical (unpaired) electrons. The predicted molar refractivity (Wildman–Crippen MR) is 80.8 cm³/mol. The highest BCUT2D eigenvalue weighted by atomic mass is 35.5. The van der Waals surface area contributed by atoms with Crippen molar-refractivity contribution in [2.24, 2.45) is 0 Å². The van der Waals surface area contributed by atoms with E-state index in [1.54, 1.807) is 27.7 Å². The summed E-state index contributed by atoms with van der Waals surface area (Å²) < 4.78 is 48.6. The largest absolute Gasteiger partial charge is 0.490 e. The van der Waals surface area contributed by atoms with E-state index in [1.807, 2.05) is 0 Å². The Balaban J connectivity index is 2.64. The molecule has 0 aliphatic carbocycles. The third-order valence-corrected chi connectivity index (χ3v) is 2.91. The summed E-state index contributed by atoms with van der Waals surface area (Å²) in [6.45, 7) is 6.73. The van der Waals surface area contributed by atoms with Crippen LogP contribution in [0.3, 0.4) is 0 Å².